The van der Waals surface area contributed by atoms with Crippen molar-refractivity contribution in [1.29, 1.82) is 5.26 Å². The molecule has 0 saturated carbocycles. The van der Waals surface area contributed by atoms with Crippen LogP contribution in [-0.2, 0) is 9.59 Å². The molecule has 2 N–H and O–H groups in total. The standard InChI is InChI=1S/C28H24N2O5/c1-4-35-23-14-19(9-12-22(23)31)25-24(26(32)21-13-16(2)5-6-17(21)3)27(33)28(34)30(25)20-10-7-18(15-29)8-11-20/h5-14,25,31-32H,4H2,1-3H3/b26-24+. The van der Waals surface area contributed by atoms with Crippen molar-refractivity contribution in [3.8, 4) is 17.6 Å². The zero-order valence-electron chi connectivity index (χ0n) is 19.6. The van der Waals surface area contributed by atoms with Crippen LogP contribution in [0.3, 0.4) is 0 Å². The third-order valence-electron chi connectivity index (χ3n) is 5.97. The molecular formula is C28H24N2O5. The lowest BCUT2D eigenvalue weighted by atomic mass is 9.93. The number of aliphatic hydroxyl groups excluding tert-OH is 1. The number of rotatable bonds is 5. The Morgan fingerprint density at radius 2 is 1.77 bits per heavy atom. The fourth-order valence-corrected chi connectivity index (χ4v) is 4.22. The highest BCUT2D eigenvalue weighted by molar-refractivity contribution is 6.51. The Hall–Kier alpha value is -4.57. The van der Waals surface area contributed by atoms with Crippen molar-refractivity contribution in [1.82, 2.24) is 0 Å². The summed E-state index contributed by atoms with van der Waals surface area (Å²) < 4.78 is 5.52. The number of aromatic hydroxyl groups is 1. The molecular weight excluding hydrogens is 444 g/mol. The van der Waals surface area contributed by atoms with Crippen LogP contribution < -0.4 is 9.64 Å². The van der Waals surface area contributed by atoms with Gasteiger partial charge in [-0.3, -0.25) is 14.5 Å². The van der Waals surface area contributed by atoms with Crippen molar-refractivity contribution in [3.05, 3.63) is 94.1 Å². The van der Waals surface area contributed by atoms with E-state index in [1.165, 1.54) is 11.0 Å². The van der Waals surface area contributed by atoms with Gasteiger partial charge in [-0.25, -0.2) is 0 Å². The van der Waals surface area contributed by atoms with E-state index in [0.717, 1.165) is 11.1 Å². The third kappa shape index (κ3) is 4.22. The van der Waals surface area contributed by atoms with E-state index >= 15 is 0 Å². The summed E-state index contributed by atoms with van der Waals surface area (Å²) >= 11 is 0. The first-order valence-electron chi connectivity index (χ1n) is 11.1. The minimum atomic E-state index is -0.984. The van der Waals surface area contributed by atoms with Crippen molar-refractivity contribution in [2.75, 3.05) is 11.5 Å². The molecule has 4 rings (SSSR count). The molecule has 7 heteroatoms. The van der Waals surface area contributed by atoms with Crippen molar-refractivity contribution in [3.63, 3.8) is 0 Å². The molecule has 1 heterocycles. The molecule has 1 amide bonds. The molecule has 0 radical (unpaired) electrons. The lowest BCUT2D eigenvalue weighted by molar-refractivity contribution is -0.132. The molecule has 1 unspecified atom stereocenters. The van der Waals surface area contributed by atoms with Gasteiger partial charge in [0.1, 0.15) is 5.76 Å². The molecule has 0 aliphatic carbocycles. The number of anilines is 1. The largest absolute Gasteiger partial charge is 0.507 e. The van der Waals surface area contributed by atoms with Gasteiger partial charge >= 0.3 is 0 Å². The maximum absolute atomic E-state index is 13.3. The van der Waals surface area contributed by atoms with Crippen LogP contribution in [0.1, 0.15) is 40.8 Å². The van der Waals surface area contributed by atoms with Crippen LogP contribution in [0.15, 0.2) is 66.2 Å². The van der Waals surface area contributed by atoms with E-state index in [-0.39, 0.29) is 22.8 Å². The fourth-order valence-electron chi connectivity index (χ4n) is 4.22. The normalized spacial score (nSPS) is 16.9. The Labute approximate surface area is 203 Å². The molecule has 3 aromatic carbocycles. The smallest absolute Gasteiger partial charge is 0.300 e. The van der Waals surface area contributed by atoms with Gasteiger partial charge < -0.3 is 14.9 Å². The Bertz CT molecular complexity index is 1400. The van der Waals surface area contributed by atoms with Gasteiger partial charge in [0.2, 0.25) is 0 Å². The van der Waals surface area contributed by atoms with Crippen molar-refractivity contribution >= 4 is 23.1 Å². The molecule has 1 fully saturated rings. The topological polar surface area (TPSA) is 111 Å². The number of phenols is 1. The molecule has 1 aliphatic heterocycles. The summed E-state index contributed by atoms with van der Waals surface area (Å²) in [4.78, 5) is 27.9. The molecule has 1 aliphatic rings. The number of phenolic OH excluding ortho intramolecular Hbond substituents is 1. The van der Waals surface area contributed by atoms with E-state index in [1.807, 2.05) is 32.0 Å². The third-order valence-corrected chi connectivity index (χ3v) is 5.97. The van der Waals surface area contributed by atoms with Crippen molar-refractivity contribution in [2.45, 2.75) is 26.8 Å². The number of ether oxygens (including phenoxy) is 1. The first kappa shape index (κ1) is 23.6. The lowest BCUT2D eigenvalue weighted by Crippen LogP contribution is -2.29. The van der Waals surface area contributed by atoms with E-state index < -0.39 is 17.7 Å². The van der Waals surface area contributed by atoms with Gasteiger partial charge in [0.25, 0.3) is 11.7 Å². The molecule has 7 nitrogen and oxygen atoms in total. The predicted molar refractivity (Wildman–Crippen MR) is 131 cm³/mol. The SMILES string of the molecule is CCOc1cc(C2/C(=C(\O)c3cc(C)ccc3C)C(=O)C(=O)N2c2ccc(C#N)cc2)ccc1O. The number of Topliss-reactive ketones (excluding diaryl/α,β-unsaturated/α-hetero) is 1. The number of hydrogen-bond acceptors (Lipinski definition) is 6. The molecule has 0 aromatic heterocycles. The van der Waals surface area contributed by atoms with Crippen LogP contribution in [0.2, 0.25) is 0 Å². The van der Waals surface area contributed by atoms with Gasteiger partial charge in [-0.1, -0.05) is 23.8 Å². The molecule has 0 bridgehead atoms. The Balaban J connectivity index is 1.98. The number of aryl methyl sites for hydroxylation is 2. The van der Waals surface area contributed by atoms with E-state index in [2.05, 4.69) is 0 Å². The first-order chi connectivity index (χ1) is 16.8. The number of carbonyl (C=O) groups excluding carboxylic acids is 2. The van der Waals surface area contributed by atoms with Gasteiger partial charge in [-0.05, 0) is 74.4 Å². The van der Waals surface area contributed by atoms with E-state index in [4.69, 9.17) is 10.00 Å². The molecule has 176 valence electrons. The van der Waals surface area contributed by atoms with Crippen LogP contribution >= 0.6 is 0 Å². The predicted octanol–water partition coefficient (Wildman–Crippen LogP) is 4.91. The summed E-state index contributed by atoms with van der Waals surface area (Å²) in [5.41, 5.74) is 3.29. The Morgan fingerprint density at radius 3 is 2.43 bits per heavy atom. The van der Waals surface area contributed by atoms with Gasteiger partial charge in [-0.2, -0.15) is 5.26 Å². The maximum atomic E-state index is 13.3. The van der Waals surface area contributed by atoms with Crippen LogP contribution in [0.4, 0.5) is 5.69 Å². The second-order valence-electron chi connectivity index (χ2n) is 8.31. The first-order valence-corrected chi connectivity index (χ1v) is 11.1. The van der Waals surface area contributed by atoms with Crippen LogP contribution in [0.5, 0.6) is 11.5 Å². The minimum absolute atomic E-state index is 0.0683. The molecule has 0 spiro atoms. The van der Waals surface area contributed by atoms with Gasteiger partial charge in [0.05, 0.1) is 29.9 Å². The summed E-state index contributed by atoms with van der Waals surface area (Å²) in [6.07, 6.45) is 0. The molecule has 1 saturated heterocycles. The van der Waals surface area contributed by atoms with Crippen LogP contribution in [0.25, 0.3) is 5.76 Å². The Kier molecular flexibility index (Phi) is 6.30. The minimum Gasteiger partial charge on any atom is -0.507 e. The summed E-state index contributed by atoms with van der Waals surface area (Å²) in [6, 6.07) is 17.4. The molecule has 3 aromatic rings. The number of nitriles is 1. The van der Waals surface area contributed by atoms with E-state index in [0.29, 0.717) is 29.0 Å². The summed E-state index contributed by atoms with van der Waals surface area (Å²) in [7, 11) is 0. The number of aliphatic hydroxyl groups is 1. The lowest BCUT2D eigenvalue weighted by Gasteiger charge is -2.26. The van der Waals surface area contributed by atoms with Gasteiger partial charge in [-0.15, -0.1) is 0 Å². The second kappa shape index (κ2) is 9.35. The number of nitrogens with zero attached hydrogens (tertiary/aromatic N) is 2. The Morgan fingerprint density at radius 1 is 1.06 bits per heavy atom. The van der Waals surface area contributed by atoms with Gasteiger partial charge in [0, 0.05) is 11.3 Å². The zero-order chi connectivity index (χ0) is 25.3. The maximum Gasteiger partial charge on any atom is 0.300 e. The number of amides is 1. The van der Waals surface area contributed by atoms with Crippen LogP contribution in [-0.4, -0.2) is 28.5 Å². The highest BCUT2D eigenvalue weighted by Crippen LogP contribution is 2.44. The molecule has 35 heavy (non-hydrogen) atoms. The monoisotopic (exact) mass is 468 g/mol. The van der Waals surface area contributed by atoms with E-state index in [1.54, 1.807) is 49.4 Å². The highest BCUT2D eigenvalue weighted by atomic mass is 16.5. The number of carbonyl (C=O) groups is 2. The fraction of sp³-hybridized carbons (Fsp3) is 0.179. The summed E-state index contributed by atoms with van der Waals surface area (Å²) in [5.74, 6) is -1.80. The molecule has 1 atom stereocenters. The van der Waals surface area contributed by atoms with Gasteiger partial charge in [0.15, 0.2) is 11.5 Å². The quantitative estimate of drug-likeness (QED) is 0.313. The number of ketones is 1. The average Bonchev–Trinajstić information content (AvgIpc) is 3.12. The summed E-state index contributed by atoms with van der Waals surface area (Å²) in [5, 5.41) is 30.7. The number of hydrogen-bond donors (Lipinski definition) is 2. The number of benzene rings is 3. The van der Waals surface area contributed by atoms with E-state index in [9.17, 15) is 19.8 Å². The highest BCUT2D eigenvalue weighted by Gasteiger charge is 2.47. The second-order valence-corrected chi connectivity index (χ2v) is 8.31. The van der Waals surface area contributed by atoms with Crippen LogP contribution in [0, 0.1) is 25.2 Å². The average molecular weight is 469 g/mol. The zero-order valence-corrected chi connectivity index (χ0v) is 19.6. The van der Waals surface area contributed by atoms with Crippen molar-refractivity contribution in [2.24, 2.45) is 0 Å². The van der Waals surface area contributed by atoms with Crippen molar-refractivity contribution < 1.29 is 24.5 Å². The summed E-state index contributed by atoms with van der Waals surface area (Å²) in [6.45, 7) is 5.76.